The Balaban J connectivity index is 1.47. The summed E-state index contributed by atoms with van der Waals surface area (Å²) in [6.07, 6.45) is 0. The van der Waals surface area contributed by atoms with Gasteiger partial charge in [0.2, 0.25) is 5.88 Å². The fourth-order valence-electron chi connectivity index (χ4n) is 4.48. The molecule has 1 aliphatic rings. The lowest BCUT2D eigenvalue weighted by Gasteiger charge is -2.27. The maximum Gasteiger partial charge on any atom is 0.355 e. The summed E-state index contributed by atoms with van der Waals surface area (Å²) >= 11 is 20.0. The van der Waals surface area contributed by atoms with Crippen LogP contribution in [0.5, 0.6) is 23.0 Å². The number of hydrogen-bond donors (Lipinski definition) is 1. The number of halogens is 3. The molecule has 41 heavy (non-hydrogen) atoms. The van der Waals surface area contributed by atoms with Crippen molar-refractivity contribution < 1.29 is 23.7 Å². The summed E-state index contributed by atoms with van der Waals surface area (Å²) in [5, 5.41) is 11.4. The minimum atomic E-state index is -0.668. The first-order chi connectivity index (χ1) is 19.6. The molecule has 2 N–H and O–H groups in total. The molecule has 2 heterocycles. The van der Waals surface area contributed by atoms with Crippen molar-refractivity contribution in [2.75, 3.05) is 13.7 Å². The minimum Gasteiger partial charge on any atom is -0.493 e. The molecule has 11 heteroatoms. The number of nitriles is 1. The van der Waals surface area contributed by atoms with Gasteiger partial charge >= 0.3 is 5.97 Å². The van der Waals surface area contributed by atoms with E-state index in [2.05, 4.69) is 19.9 Å². The number of esters is 1. The van der Waals surface area contributed by atoms with Crippen LogP contribution in [0.2, 0.25) is 15.1 Å². The monoisotopic (exact) mass is 628 g/mol. The summed E-state index contributed by atoms with van der Waals surface area (Å²) in [5.41, 5.74) is 7.83. The number of hydrogen-bond acceptors (Lipinski definition) is 8. The zero-order chi connectivity index (χ0) is 29.4. The number of allylic oxidation sites excluding steroid dienone is 1. The molecular weight excluding hydrogens is 607 g/mol. The average molecular weight is 630 g/mol. The van der Waals surface area contributed by atoms with Gasteiger partial charge in [0.15, 0.2) is 11.5 Å². The Morgan fingerprint density at radius 2 is 1.90 bits per heavy atom. The summed E-state index contributed by atoms with van der Waals surface area (Å²) in [4.78, 5) is 13.3. The van der Waals surface area contributed by atoms with Crippen molar-refractivity contribution in [1.82, 2.24) is 0 Å². The first kappa shape index (κ1) is 28.9. The predicted octanol–water partition coefficient (Wildman–Crippen LogP) is 8.34. The quantitative estimate of drug-likeness (QED) is 0.162. The molecule has 1 aromatic heterocycles. The van der Waals surface area contributed by atoms with E-state index in [4.69, 9.17) is 59.5 Å². The van der Waals surface area contributed by atoms with E-state index in [0.717, 1.165) is 16.9 Å². The third kappa shape index (κ3) is 5.64. The molecule has 0 radical (unpaired) electrons. The number of rotatable bonds is 7. The van der Waals surface area contributed by atoms with Crippen molar-refractivity contribution >= 4 is 62.2 Å². The van der Waals surface area contributed by atoms with E-state index in [-0.39, 0.29) is 27.1 Å². The van der Waals surface area contributed by atoms with E-state index in [0.29, 0.717) is 55.5 Å². The normalized spacial score (nSPS) is 14.4. The van der Waals surface area contributed by atoms with Crippen molar-refractivity contribution in [3.05, 3.63) is 91.1 Å². The summed E-state index contributed by atoms with van der Waals surface area (Å²) in [7, 11) is 1.56. The van der Waals surface area contributed by atoms with Gasteiger partial charge in [0.25, 0.3) is 0 Å². The maximum absolute atomic E-state index is 13.1. The second-order valence-corrected chi connectivity index (χ2v) is 11.9. The van der Waals surface area contributed by atoms with Crippen LogP contribution in [0, 0.1) is 17.2 Å². The Morgan fingerprint density at radius 1 is 1.12 bits per heavy atom. The molecule has 0 fully saturated rings. The average Bonchev–Trinajstić information content (AvgIpc) is 3.27. The lowest BCUT2D eigenvalue weighted by molar-refractivity contribution is 0.0740. The number of fused-ring (bicyclic) bond motifs is 2. The van der Waals surface area contributed by atoms with Crippen LogP contribution >= 0.6 is 46.1 Å². The highest BCUT2D eigenvalue weighted by Crippen LogP contribution is 2.46. The minimum absolute atomic E-state index is 0.0494. The zero-order valence-electron chi connectivity index (χ0n) is 22.1. The van der Waals surface area contributed by atoms with Crippen LogP contribution in [-0.2, 0) is 0 Å². The molecule has 4 aromatic rings. The van der Waals surface area contributed by atoms with Gasteiger partial charge in [-0.1, -0.05) is 60.8 Å². The van der Waals surface area contributed by atoms with Gasteiger partial charge in [-0.2, -0.15) is 5.26 Å². The SMILES string of the molecule is COc1cc(C2C(C#N)=C(N)Oc3cc(OC(=O)c4sc5cc(Cl)cc(Cl)c5c4Cl)ccc32)ccc1OCC(C)C. The number of nitrogens with two attached hydrogens (primary N) is 1. The molecular formula is C30H23Cl3N2O5S. The smallest absolute Gasteiger partial charge is 0.355 e. The Hall–Kier alpha value is -3.61. The molecule has 3 aromatic carbocycles. The fourth-order valence-corrected chi connectivity index (χ4v) is 6.72. The van der Waals surface area contributed by atoms with Crippen molar-refractivity contribution in [3.8, 4) is 29.1 Å². The zero-order valence-corrected chi connectivity index (χ0v) is 25.2. The molecule has 7 nitrogen and oxygen atoms in total. The number of ether oxygens (including phenoxy) is 4. The lowest BCUT2D eigenvalue weighted by Crippen LogP contribution is -2.21. The predicted molar refractivity (Wildman–Crippen MR) is 161 cm³/mol. The topological polar surface area (TPSA) is 104 Å². The second kappa shape index (κ2) is 11.7. The van der Waals surface area contributed by atoms with Gasteiger partial charge in [0.05, 0.1) is 29.7 Å². The van der Waals surface area contributed by atoms with E-state index in [1.54, 1.807) is 43.5 Å². The number of benzene rings is 3. The Morgan fingerprint density at radius 3 is 2.61 bits per heavy atom. The summed E-state index contributed by atoms with van der Waals surface area (Å²) < 4.78 is 23.6. The second-order valence-electron chi connectivity index (χ2n) is 9.64. The van der Waals surface area contributed by atoms with Crippen molar-refractivity contribution in [1.29, 1.82) is 5.26 Å². The van der Waals surface area contributed by atoms with Gasteiger partial charge in [-0.05, 0) is 41.8 Å². The van der Waals surface area contributed by atoms with E-state index in [9.17, 15) is 10.1 Å². The number of nitrogens with zero attached hydrogens (tertiary/aromatic N) is 1. The molecule has 0 saturated heterocycles. The van der Waals surface area contributed by atoms with Gasteiger partial charge in [0, 0.05) is 26.7 Å². The number of carbonyl (C=O) groups is 1. The largest absolute Gasteiger partial charge is 0.493 e. The van der Waals surface area contributed by atoms with Crippen LogP contribution in [-0.4, -0.2) is 19.7 Å². The van der Waals surface area contributed by atoms with Crippen LogP contribution in [0.25, 0.3) is 10.1 Å². The number of methoxy groups -OCH3 is 1. The molecule has 1 aliphatic heterocycles. The highest BCUT2D eigenvalue weighted by atomic mass is 35.5. The van der Waals surface area contributed by atoms with Gasteiger partial charge in [-0.3, -0.25) is 0 Å². The summed E-state index contributed by atoms with van der Waals surface area (Å²) in [6, 6.07) is 15.8. The van der Waals surface area contributed by atoms with E-state index >= 15 is 0 Å². The first-order valence-electron chi connectivity index (χ1n) is 12.4. The maximum atomic E-state index is 13.1. The van der Waals surface area contributed by atoms with Gasteiger partial charge in [0.1, 0.15) is 28.0 Å². The first-order valence-corrected chi connectivity index (χ1v) is 14.4. The van der Waals surface area contributed by atoms with Gasteiger partial charge < -0.3 is 24.7 Å². The van der Waals surface area contributed by atoms with Crippen LogP contribution in [0.15, 0.2) is 60.0 Å². The lowest BCUT2D eigenvalue weighted by atomic mass is 9.83. The third-order valence-corrected chi connectivity index (χ3v) is 8.45. The molecule has 0 bridgehead atoms. The number of carbonyl (C=O) groups excluding carboxylic acids is 1. The van der Waals surface area contributed by atoms with Crippen molar-refractivity contribution in [2.45, 2.75) is 19.8 Å². The van der Waals surface area contributed by atoms with E-state index < -0.39 is 11.9 Å². The molecule has 1 unspecified atom stereocenters. The third-order valence-electron chi connectivity index (χ3n) is 6.33. The van der Waals surface area contributed by atoms with Crippen molar-refractivity contribution in [2.24, 2.45) is 11.7 Å². The molecule has 1 atom stereocenters. The molecule has 210 valence electrons. The van der Waals surface area contributed by atoms with Crippen LogP contribution < -0.4 is 24.7 Å². The Labute approximate surface area is 255 Å². The van der Waals surface area contributed by atoms with Crippen LogP contribution in [0.3, 0.4) is 0 Å². The fraction of sp³-hybridized carbons (Fsp3) is 0.200. The van der Waals surface area contributed by atoms with Crippen molar-refractivity contribution in [3.63, 3.8) is 0 Å². The summed E-state index contributed by atoms with van der Waals surface area (Å²) in [5.74, 6) is 0.735. The molecule has 5 rings (SSSR count). The highest BCUT2D eigenvalue weighted by molar-refractivity contribution is 7.21. The van der Waals surface area contributed by atoms with Gasteiger partial charge in [-0.25, -0.2) is 4.79 Å². The van der Waals surface area contributed by atoms with E-state index in [1.807, 2.05) is 12.1 Å². The van der Waals surface area contributed by atoms with E-state index in [1.165, 1.54) is 0 Å². The Kier molecular flexibility index (Phi) is 8.25. The molecule has 0 aliphatic carbocycles. The highest BCUT2D eigenvalue weighted by Gasteiger charge is 2.32. The van der Waals surface area contributed by atoms with Crippen LogP contribution in [0.4, 0.5) is 0 Å². The van der Waals surface area contributed by atoms with Gasteiger partial charge in [-0.15, -0.1) is 11.3 Å². The van der Waals surface area contributed by atoms with Crippen LogP contribution in [0.1, 0.15) is 40.6 Å². The molecule has 0 saturated carbocycles. The Bertz CT molecular complexity index is 1760. The number of thiophene rings is 1. The standard InChI is InChI=1S/C30H23Cl3N2O5S/c1-14(2)13-38-21-7-4-15(8-23(21)37-3)25-18-6-5-17(11-22(18)40-29(35)19(25)12-34)39-30(36)28-27(33)26-20(32)9-16(31)10-24(26)41-28/h4-11,14,25H,13,35H2,1-3H3. The molecule has 0 spiro atoms. The molecule has 0 amide bonds. The summed E-state index contributed by atoms with van der Waals surface area (Å²) in [6.45, 7) is 4.64.